The zero-order chi connectivity index (χ0) is 21.1. The molecule has 0 atom stereocenters. The van der Waals surface area contributed by atoms with E-state index in [9.17, 15) is 35.5 Å². The molecular weight excluding hydrogens is 545 g/mol. The zero-order valence-corrected chi connectivity index (χ0v) is 20.0. The summed E-state index contributed by atoms with van der Waals surface area (Å²) in [5.41, 5.74) is 0. The van der Waals surface area contributed by atoms with Crippen LogP contribution in [0.25, 0.3) is 14.9 Å². The average molecular weight is 552 g/mol. The van der Waals surface area contributed by atoms with Gasteiger partial charge in [0.15, 0.2) is 9.89 Å². The lowest BCUT2D eigenvalue weighted by molar-refractivity contribution is -0.647. The summed E-state index contributed by atoms with van der Waals surface area (Å²) in [5.74, 6) is -1.56. The number of fused-ring (bicyclic) bond motifs is 2. The van der Waals surface area contributed by atoms with Gasteiger partial charge < -0.3 is 4.90 Å². The molecule has 3 aromatic heterocycles. The van der Waals surface area contributed by atoms with Crippen LogP contribution in [-0.2, 0) is 26.1 Å². The van der Waals surface area contributed by atoms with E-state index in [0.29, 0.717) is 28.1 Å². The lowest BCUT2D eigenvalue weighted by Crippen LogP contribution is -2.38. The van der Waals surface area contributed by atoms with Gasteiger partial charge in [0.25, 0.3) is 33.9 Å². The van der Waals surface area contributed by atoms with Crippen molar-refractivity contribution in [1.29, 1.82) is 0 Å². The quantitative estimate of drug-likeness (QED) is 0.355. The minimum Gasteiger partial charge on any atom is -0.308 e. The van der Waals surface area contributed by atoms with Crippen LogP contribution in [0.3, 0.4) is 0 Å². The Morgan fingerprint density at radius 3 is 2.28 bits per heavy atom. The fourth-order valence-electron chi connectivity index (χ4n) is 2.37. The minimum absolute atomic E-state index is 0.232. The maximum atomic E-state index is 11.6. The van der Waals surface area contributed by atoms with Crippen molar-refractivity contribution in [2.45, 2.75) is 10.1 Å². The fourth-order valence-corrected chi connectivity index (χ4v) is 11.4. The molecule has 10 nitrogen and oxygen atoms in total. The highest BCUT2D eigenvalue weighted by Crippen LogP contribution is 2.50. The first-order valence-electron chi connectivity index (χ1n) is 7.07. The average Bonchev–Trinajstić information content (AvgIpc) is 3.22. The Labute approximate surface area is 186 Å². The lowest BCUT2D eigenvalue weighted by atomic mass is 10.5. The van der Waals surface area contributed by atoms with Gasteiger partial charge in [0.05, 0.1) is 11.1 Å². The van der Waals surface area contributed by atoms with E-state index in [1.165, 1.54) is 15.5 Å². The fraction of sp³-hybridized carbons (Fsp3) is 0.182. The van der Waals surface area contributed by atoms with E-state index in [2.05, 4.69) is 0 Å². The summed E-state index contributed by atoms with van der Waals surface area (Å²) in [6.45, 7) is 0. The molecule has 0 bridgehead atoms. The number of anilines is 1. The van der Waals surface area contributed by atoms with Crippen LogP contribution in [0.5, 0.6) is 0 Å². The molecule has 3 aromatic rings. The highest BCUT2D eigenvalue weighted by molar-refractivity contribution is 8.06. The Kier molecular flexibility index (Phi) is 5.54. The Morgan fingerprint density at radius 1 is 0.931 bits per heavy atom. The Bertz CT molecular complexity index is 1480. The molecule has 29 heavy (non-hydrogen) atoms. The molecule has 18 heteroatoms. The SMILES string of the molecule is O=c1sc2c(s1)N(CS(=O)(=O)O)C(=Cc1sc3sc(=O)sc3[n+]1CS(=O)(=O)O)S2. The number of aromatic nitrogens is 1. The van der Waals surface area contributed by atoms with Crippen molar-refractivity contribution < 1.29 is 30.5 Å². The molecule has 0 amide bonds. The number of hydrogen-bond acceptors (Lipinski definition) is 13. The molecule has 4 heterocycles. The summed E-state index contributed by atoms with van der Waals surface area (Å²) in [5, 5.41) is 1.08. The Morgan fingerprint density at radius 2 is 1.62 bits per heavy atom. The Balaban J connectivity index is 1.86. The van der Waals surface area contributed by atoms with E-state index < -0.39 is 32.0 Å². The zero-order valence-electron chi connectivity index (χ0n) is 13.5. The van der Waals surface area contributed by atoms with Gasteiger partial charge in [0, 0.05) is 0 Å². The maximum Gasteiger partial charge on any atom is 0.326 e. The van der Waals surface area contributed by atoms with Crippen LogP contribution < -0.4 is 17.6 Å². The van der Waals surface area contributed by atoms with E-state index in [0.717, 1.165) is 68.4 Å². The van der Waals surface area contributed by atoms with Crippen molar-refractivity contribution in [1.82, 2.24) is 0 Å². The molecule has 0 aliphatic carbocycles. The van der Waals surface area contributed by atoms with Gasteiger partial charge >= 0.3 is 10.1 Å². The highest BCUT2D eigenvalue weighted by Gasteiger charge is 2.34. The van der Waals surface area contributed by atoms with E-state index in [4.69, 9.17) is 0 Å². The summed E-state index contributed by atoms with van der Waals surface area (Å²) in [4.78, 5) is 24.9. The van der Waals surface area contributed by atoms with Gasteiger partial charge in [-0.3, -0.25) is 18.7 Å². The van der Waals surface area contributed by atoms with Crippen molar-refractivity contribution in [2.75, 3.05) is 10.8 Å². The molecule has 0 unspecified atom stereocenters. The van der Waals surface area contributed by atoms with E-state index >= 15 is 0 Å². The van der Waals surface area contributed by atoms with Crippen molar-refractivity contribution in [2.24, 2.45) is 0 Å². The highest BCUT2D eigenvalue weighted by atomic mass is 32.2. The van der Waals surface area contributed by atoms with Crippen LogP contribution in [0.1, 0.15) is 5.01 Å². The second kappa shape index (κ2) is 7.46. The molecule has 1 aliphatic rings. The van der Waals surface area contributed by atoms with Crippen molar-refractivity contribution in [3.63, 3.8) is 0 Å². The van der Waals surface area contributed by atoms with Crippen molar-refractivity contribution in [3.8, 4) is 0 Å². The molecule has 156 valence electrons. The molecule has 0 saturated heterocycles. The van der Waals surface area contributed by atoms with Crippen LogP contribution in [0.2, 0.25) is 0 Å². The van der Waals surface area contributed by atoms with Gasteiger partial charge in [-0.05, 0) is 22.7 Å². The largest absolute Gasteiger partial charge is 0.326 e. The summed E-state index contributed by atoms with van der Waals surface area (Å²) in [6, 6.07) is 0. The number of nitrogens with zero attached hydrogens (tertiary/aromatic N) is 2. The molecule has 1 aliphatic heterocycles. The normalized spacial score (nSPS) is 16.2. The van der Waals surface area contributed by atoms with Crippen LogP contribution in [0, 0.1) is 0 Å². The molecule has 0 aromatic carbocycles. The topological polar surface area (TPSA) is 150 Å². The van der Waals surface area contributed by atoms with Gasteiger partial charge in [0.1, 0.15) is 9.21 Å². The summed E-state index contributed by atoms with van der Waals surface area (Å²) >= 11 is 5.76. The molecule has 0 saturated carbocycles. The van der Waals surface area contributed by atoms with Crippen LogP contribution >= 0.6 is 68.4 Å². The second-order valence-corrected chi connectivity index (χ2v) is 15.2. The van der Waals surface area contributed by atoms with Crippen molar-refractivity contribution >= 4 is 109 Å². The third-order valence-electron chi connectivity index (χ3n) is 3.31. The molecule has 0 spiro atoms. The predicted molar refractivity (Wildman–Crippen MR) is 117 cm³/mol. The van der Waals surface area contributed by atoms with Gasteiger partial charge in [-0.25, -0.2) is 0 Å². The molecule has 0 radical (unpaired) electrons. The van der Waals surface area contributed by atoms with Crippen LogP contribution in [0.4, 0.5) is 5.00 Å². The number of rotatable bonds is 5. The van der Waals surface area contributed by atoms with Crippen LogP contribution in [0.15, 0.2) is 18.8 Å². The number of hydrogen-bond donors (Lipinski definition) is 2. The third-order valence-corrected chi connectivity index (χ3v) is 11.5. The number of thioether (sulfide) groups is 1. The first-order valence-corrected chi connectivity index (χ1v) is 15.2. The predicted octanol–water partition coefficient (Wildman–Crippen LogP) is 1.76. The third kappa shape index (κ3) is 4.65. The lowest BCUT2D eigenvalue weighted by Gasteiger charge is -2.16. The summed E-state index contributed by atoms with van der Waals surface area (Å²) in [7, 11) is -8.84. The maximum absolute atomic E-state index is 11.6. The molecule has 2 N–H and O–H groups in total. The van der Waals surface area contributed by atoms with Crippen molar-refractivity contribution in [3.05, 3.63) is 27.7 Å². The van der Waals surface area contributed by atoms with E-state index in [1.54, 1.807) is 0 Å². The van der Waals surface area contributed by atoms with Gasteiger partial charge in [-0.2, -0.15) is 21.4 Å². The standard InChI is InChI=1S/C11H6N2O8S8/c14-10-24-6-8(26-10)22-4(12(6)2-28(16,17)18)1-5-13(3-29(19,20)21)7-9(23-5)27-11(15)25-7/h1H,2-3H2,(H-,16,17,18,19,20,21)/p+1. The van der Waals surface area contributed by atoms with Gasteiger partial charge in [0.2, 0.25) is 0 Å². The second-order valence-electron chi connectivity index (χ2n) is 5.40. The summed E-state index contributed by atoms with van der Waals surface area (Å²) < 4.78 is 66.3. The van der Waals surface area contributed by atoms with E-state index in [-0.39, 0.29) is 8.11 Å². The summed E-state index contributed by atoms with van der Waals surface area (Å²) in [6.07, 6.45) is 1.50. The first kappa shape index (κ1) is 21.5. The smallest absolute Gasteiger partial charge is 0.308 e. The van der Waals surface area contributed by atoms with Crippen LogP contribution in [-0.4, -0.2) is 31.8 Å². The Hall–Kier alpha value is -0.700. The minimum atomic E-state index is -4.42. The monoisotopic (exact) mass is 551 g/mol. The van der Waals surface area contributed by atoms with Gasteiger partial charge in [-0.1, -0.05) is 45.8 Å². The molecule has 4 rings (SSSR count). The molecule has 0 fully saturated rings. The first-order chi connectivity index (χ1) is 13.4. The van der Waals surface area contributed by atoms with E-state index in [1.807, 2.05) is 0 Å². The number of thiazole rings is 1. The van der Waals surface area contributed by atoms with Gasteiger partial charge in [-0.15, -0.1) is 0 Å². The molecular formula is C11H7N2O8S8+.